The Hall–Kier alpha value is -3.34. The van der Waals surface area contributed by atoms with Crippen molar-refractivity contribution in [3.8, 4) is 5.75 Å². The van der Waals surface area contributed by atoms with Crippen LogP contribution in [0.4, 0.5) is 11.4 Å². The summed E-state index contributed by atoms with van der Waals surface area (Å²) >= 11 is 0. The van der Waals surface area contributed by atoms with Gasteiger partial charge in [-0.2, -0.15) is 0 Å². The Kier molecular flexibility index (Phi) is 6.63. The van der Waals surface area contributed by atoms with Gasteiger partial charge >= 0.3 is 0 Å². The van der Waals surface area contributed by atoms with Gasteiger partial charge in [0.05, 0.1) is 18.4 Å². The maximum atomic E-state index is 12.5. The first-order chi connectivity index (χ1) is 13.7. The fraction of sp³-hybridized carbons (Fsp3) is 0.217. The summed E-state index contributed by atoms with van der Waals surface area (Å²) in [6.45, 7) is 2.85. The van der Waals surface area contributed by atoms with Crippen LogP contribution >= 0.6 is 0 Å². The van der Waals surface area contributed by atoms with Crippen molar-refractivity contribution in [1.82, 2.24) is 4.98 Å². The molecule has 0 bridgehead atoms. The summed E-state index contributed by atoms with van der Waals surface area (Å²) in [7, 11) is 1.66. The molecule has 0 unspecified atom stereocenters. The predicted molar refractivity (Wildman–Crippen MR) is 113 cm³/mol. The van der Waals surface area contributed by atoms with Crippen molar-refractivity contribution in [3.63, 3.8) is 0 Å². The molecule has 0 radical (unpaired) electrons. The zero-order valence-corrected chi connectivity index (χ0v) is 16.2. The maximum absolute atomic E-state index is 12.5. The van der Waals surface area contributed by atoms with Gasteiger partial charge in [0.15, 0.2) is 0 Å². The highest BCUT2D eigenvalue weighted by Crippen LogP contribution is 2.15. The Bertz CT molecular complexity index is 906. The number of anilines is 2. The molecule has 5 heteroatoms. The van der Waals surface area contributed by atoms with E-state index in [9.17, 15) is 4.79 Å². The Labute approximate surface area is 165 Å². The number of pyridine rings is 1. The molecule has 28 heavy (non-hydrogen) atoms. The summed E-state index contributed by atoms with van der Waals surface area (Å²) in [5.74, 6) is 0.680. The summed E-state index contributed by atoms with van der Waals surface area (Å²) in [6, 6.07) is 17.7. The second kappa shape index (κ2) is 9.55. The number of benzene rings is 2. The molecular weight excluding hydrogens is 350 g/mol. The van der Waals surface area contributed by atoms with Crippen LogP contribution in [0.25, 0.3) is 0 Å². The van der Waals surface area contributed by atoms with Crippen molar-refractivity contribution in [3.05, 3.63) is 83.7 Å². The smallest absolute Gasteiger partial charge is 0.257 e. The van der Waals surface area contributed by atoms with E-state index < -0.39 is 0 Å². The number of nitrogens with zero attached hydrogens (tertiary/aromatic N) is 1. The number of carbonyl (C=O) groups is 1. The van der Waals surface area contributed by atoms with Gasteiger partial charge in [0.2, 0.25) is 0 Å². The second-order valence-corrected chi connectivity index (χ2v) is 6.49. The molecule has 0 saturated carbocycles. The topological polar surface area (TPSA) is 63.2 Å². The predicted octanol–water partition coefficient (Wildman–Crippen LogP) is 4.56. The second-order valence-electron chi connectivity index (χ2n) is 6.49. The van der Waals surface area contributed by atoms with E-state index in [1.54, 1.807) is 19.5 Å². The molecular formula is C23H25N3O2. The number of aromatic nitrogens is 1. The zero-order chi connectivity index (χ0) is 19.8. The third-order valence-corrected chi connectivity index (χ3v) is 4.52. The van der Waals surface area contributed by atoms with Gasteiger partial charge in [0.1, 0.15) is 5.75 Å². The SMILES string of the molecule is CCc1ccc(NC(=O)c2cncc(NCCc3ccc(OC)cc3)c2)cc1. The minimum Gasteiger partial charge on any atom is -0.497 e. The molecule has 0 spiro atoms. The van der Waals surface area contributed by atoms with E-state index in [0.717, 1.165) is 36.5 Å². The molecule has 3 aromatic rings. The molecule has 0 atom stereocenters. The van der Waals surface area contributed by atoms with Gasteiger partial charge in [0, 0.05) is 24.6 Å². The molecule has 1 heterocycles. The van der Waals surface area contributed by atoms with E-state index in [0.29, 0.717) is 5.56 Å². The number of hydrogen-bond acceptors (Lipinski definition) is 4. The Balaban J connectivity index is 1.55. The molecule has 1 aromatic heterocycles. The lowest BCUT2D eigenvalue weighted by atomic mass is 10.1. The summed E-state index contributed by atoms with van der Waals surface area (Å²) in [4.78, 5) is 16.7. The minimum absolute atomic E-state index is 0.171. The maximum Gasteiger partial charge on any atom is 0.257 e. The van der Waals surface area contributed by atoms with Gasteiger partial charge in [-0.15, -0.1) is 0 Å². The number of ether oxygens (including phenoxy) is 1. The zero-order valence-electron chi connectivity index (χ0n) is 16.2. The van der Waals surface area contributed by atoms with Gasteiger partial charge in [-0.1, -0.05) is 31.2 Å². The van der Waals surface area contributed by atoms with Gasteiger partial charge in [-0.3, -0.25) is 9.78 Å². The standard InChI is InChI=1S/C23H25N3O2/c1-3-17-4-8-20(9-5-17)26-23(27)19-14-21(16-24-15-19)25-13-12-18-6-10-22(28-2)11-7-18/h4-11,14-16,25H,3,12-13H2,1-2H3,(H,26,27). The minimum atomic E-state index is -0.171. The molecule has 1 amide bonds. The van der Waals surface area contributed by atoms with Gasteiger partial charge in [0.25, 0.3) is 5.91 Å². The van der Waals surface area contributed by atoms with E-state index in [-0.39, 0.29) is 5.91 Å². The van der Waals surface area contributed by atoms with Crippen LogP contribution in [0.1, 0.15) is 28.4 Å². The van der Waals surface area contributed by atoms with Gasteiger partial charge in [-0.05, 0) is 54.3 Å². The number of aryl methyl sites for hydroxylation is 1. The monoisotopic (exact) mass is 375 g/mol. The molecule has 3 rings (SSSR count). The molecule has 0 aliphatic heterocycles. The van der Waals surface area contributed by atoms with Crippen LogP contribution in [0.15, 0.2) is 67.0 Å². The van der Waals surface area contributed by atoms with E-state index in [4.69, 9.17) is 4.74 Å². The number of methoxy groups -OCH3 is 1. The van der Waals surface area contributed by atoms with Crippen LogP contribution in [0, 0.1) is 0 Å². The van der Waals surface area contributed by atoms with Crippen molar-refractivity contribution in [1.29, 1.82) is 0 Å². The molecule has 2 aromatic carbocycles. The average Bonchev–Trinajstić information content (AvgIpc) is 2.75. The summed E-state index contributed by atoms with van der Waals surface area (Å²) in [5.41, 5.74) is 4.57. The van der Waals surface area contributed by atoms with Crippen molar-refractivity contribution in [2.75, 3.05) is 24.3 Å². The third kappa shape index (κ3) is 5.33. The fourth-order valence-electron chi connectivity index (χ4n) is 2.83. The Morgan fingerprint density at radius 3 is 2.36 bits per heavy atom. The number of hydrogen-bond donors (Lipinski definition) is 2. The molecule has 0 fully saturated rings. The first kappa shape index (κ1) is 19.4. The first-order valence-electron chi connectivity index (χ1n) is 9.40. The summed E-state index contributed by atoms with van der Waals surface area (Å²) in [6.07, 6.45) is 5.14. The number of carbonyl (C=O) groups excluding carboxylic acids is 1. The lowest BCUT2D eigenvalue weighted by Crippen LogP contribution is -2.13. The molecule has 144 valence electrons. The van der Waals surface area contributed by atoms with Crippen molar-refractivity contribution < 1.29 is 9.53 Å². The van der Waals surface area contributed by atoms with Crippen LogP contribution in [-0.2, 0) is 12.8 Å². The Morgan fingerprint density at radius 2 is 1.68 bits per heavy atom. The van der Waals surface area contributed by atoms with E-state index in [2.05, 4.69) is 22.5 Å². The molecule has 5 nitrogen and oxygen atoms in total. The highest BCUT2D eigenvalue weighted by molar-refractivity contribution is 6.04. The summed E-state index contributed by atoms with van der Waals surface area (Å²) in [5, 5.41) is 6.23. The van der Waals surface area contributed by atoms with Crippen LogP contribution < -0.4 is 15.4 Å². The molecule has 0 aliphatic carbocycles. The molecule has 2 N–H and O–H groups in total. The Morgan fingerprint density at radius 1 is 0.964 bits per heavy atom. The van der Waals surface area contributed by atoms with Crippen molar-refractivity contribution in [2.24, 2.45) is 0 Å². The summed E-state index contributed by atoms with van der Waals surface area (Å²) < 4.78 is 5.17. The highest BCUT2D eigenvalue weighted by Gasteiger charge is 2.08. The number of nitrogens with one attached hydrogen (secondary N) is 2. The molecule has 0 aliphatic rings. The lowest BCUT2D eigenvalue weighted by molar-refractivity contribution is 0.102. The van der Waals surface area contributed by atoms with E-state index in [1.165, 1.54) is 11.1 Å². The lowest BCUT2D eigenvalue weighted by Gasteiger charge is -2.09. The molecule has 0 saturated heterocycles. The van der Waals surface area contributed by atoms with Crippen LogP contribution in [0.2, 0.25) is 0 Å². The van der Waals surface area contributed by atoms with E-state index >= 15 is 0 Å². The van der Waals surface area contributed by atoms with Crippen LogP contribution in [-0.4, -0.2) is 24.5 Å². The normalized spacial score (nSPS) is 10.4. The van der Waals surface area contributed by atoms with Gasteiger partial charge in [-0.25, -0.2) is 0 Å². The van der Waals surface area contributed by atoms with Gasteiger partial charge < -0.3 is 15.4 Å². The van der Waals surface area contributed by atoms with Crippen molar-refractivity contribution >= 4 is 17.3 Å². The average molecular weight is 375 g/mol. The first-order valence-corrected chi connectivity index (χ1v) is 9.40. The fourth-order valence-corrected chi connectivity index (χ4v) is 2.83. The van der Waals surface area contributed by atoms with Crippen molar-refractivity contribution in [2.45, 2.75) is 19.8 Å². The largest absolute Gasteiger partial charge is 0.497 e. The van der Waals surface area contributed by atoms with Crippen LogP contribution in [0.3, 0.4) is 0 Å². The third-order valence-electron chi connectivity index (χ3n) is 4.52. The van der Waals surface area contributed by atoms with Crippen LogP contribution in [0.5, 0.6) is 5.75 Å². The quantitative estimate of drug-likeness (QED) is 0.606. The van der Waals surface area contributed by atoms with E-state index in [1.807, 2.05) is 54.6 Å². The number of rotatable bonds is 8. The highest BCUT2D eigenvalue weighted by atomic mass is 16.5. The number of amides is 1.